The average molecular weight is 448 g/mol. The van der Waals surface area contributed by atoms with E-state index in [1.54, 1.807) is 17.0 Å². The molecule has 1 amide bonds. The van der Waals surface area contributed by atoms with Crippen LogP contribution in [0.25, 0.3) is 11.0 Å². The van der Waals surface area contributed by atoms with Crippen molar-refractivity contribution in [3.8, 4) is 0 Å². The summed E-state index contributed by atoms with van der Waals surface area (Å²) in [6, 6.07) is 16.0. The summed E-state index contributed by atoms with van der Waals surface area (Å²) in [5.74, 6) is -1.41. The summed E-state index contributed by atoms with van der Waals surface area (Å²) in [4.78, 5) is 32.2. The smallest absolute Gasteiger partial charge is 0.290 e. The van der Waals surface area contributed by atoms with Crippen LogP contribution in [0.5, 0.6) is 0 Å². The number of Topliss-reactive ketones (excluding diaryl/α,β-unsaturated/α-hetero) is 1. The van der Waals surface area contributed by atoms with Crippen molar-refractivity contribution in [2.24, 2.45) is 0 Å². The highest BCUT2D eigenvalue weighted by atomic mass is 16.3. The molecule has 1 aliphatic rings. The number of hydrogen-bond acceptors (Lipinski definition) is 6. The third kappa shape index (κ3) is 4.36. The number of ketones is 1. The lowest BCUT2D eigenvalue weighted by atomic mass is 9.94. The van der Waals surface area contributed by atoms with Crippen LogP contribution in [-0.4, -0.2) is 67.9 Å². The normalized spacial score (nSPS) is 16.3. The van der Waals surface area contributed by atoms with Gasteiger partial charge < -0.3 is 24.2 Å². The fraction of sp³-hybridized carbons (Fsp3) is 0.308. The molecule has 1 aliphatic heterocycles. The Hall–Kier alpha value is -3.58. The molecule has 0 aliphatic carbocycles. The Morgan fingerprint density at radius 1 is 1.06 bits per heavy atom. The Morgan fingerprint density at radius 2 is 1.76 bits per heavy atom. The van der Waals surface area contributed by atoms with E-state index in [9.17, 15) is 14.7 Å². The molecular weight excluding hydrogens is 418 g/mol. The molecule has 7 nitrogen and oxygen atoms in total. The number of aliphatic hydroxyl groups excluding tert-OH is 1. The van der Waals surface area contributed by atoms with Gasteiger partial charge in [-0.25, -0.2) is 0 Å². The van der Waals surface area contributed by atoms with Crippen molar-refractivity contribution in [2.75, 3.05) is 46.2 Å². The lowest BCUT2D eigenvalue weighted by Gasteiger charge is -2.27. The predicted octanol–water partition coefficient (Wildman–Crippen LogP) is 4.03. The van der Waals surface area contributed by atoms with Crippen LogP contribution in [0.15, 0.2) is 70.3 Å². The Morgan fingerprint density at radius 3 is 2.39 bits per heavy atom. The molecule has 2 aromatic carbocycles. The first-order chi connectivity index (χ1) is 15.8. The molecule has 1 aromatic heterocycles. The SMILES string of the molecule is CN(C)CCCN1C(=O)C(O)=C(C(=O)c2cc3ccccc3o2)[C@H]1c1ccc(N(C)C)cc1. The molecule has 3 aromatic rings. The molecule has 0 spiro atoms. The molecule has 0 fully saturated rings. The second kappa shape index (κ2) is 9.11. The third-order valence-corrected chi connectivity index (χ3v) is 5.93. The Balaban J connectivity index is 1.74. The number of furan rings is 1. The lowest BCUT2D eigenvalue weighted by Crippen LogP contribution is -2.33. The van der Waals surface area contributed by atoms with Gasteiger partial charge in [0.15, 0.2) is 11.5 Å². The Labute approximate surface area is 193 Å². The van der Waals surface area contributed by atoms with Gasteiger partial charge in [0.05, 0.1) is 11.6 Å². The minimum Gasteiger partial charge on any atom is -0.503 e. The standard InChI is InChI=1S/C26H29N3O4/c1-27(2)14-7-15-29-23(17-10-12-19(13-11-17)28(3)4)22(25(31)26(29)32)24(30)21-16-18-8-5-6-9-20(18)33-21/h5-6,8-13,16,23,31H,7,14-15H2,1-4H3/t23-/m1/s1. The second-order valence-electron chi connectivity index (χ2n) is 8.78. The summed E-state index contributed by atoms with van der Waals surface area (Å²) >= 11 is 0. The number of aliphatic hydroxyl groups is 1. The third-order valence-electron chi connectivity index (χ3n) is 5.93. The van der Waals surface area contributed by atoms with Crippen LogP contribution < -0.4 is 4.90 Å². The van der Waals surface area contributed by atoms with Gasteiger partial charge in [-0.2, -0.15) is 0 Å². The summed E-state index contributed by atoms with van der Waals surface area (Å²) in [5, 5.41) is 11.6. The van der Waals surface area contributed by atoms with Gasteiger partial charge in [-0.3, -0.25) is 9.59 Å². The fourth-order valence-corrected chi connectivity index (χ4v) is 4.20. The highest BCUT2D eigenvalue weighted by molar-refractivity contribution is 6.16. The maximum atomic E-state index is 13.6. The number of carbonyl (C=O) groups excluding carboxylic acids is 2. The van der Waals surface area contributed by atoms with Gasteiger partial charge in [0.2, 0.25) is 5.78 Å². The quantitative estimate of drug-likeness (QED) is 0.526. The number of fused-ring (bicyclic) bond motifs is 1. The number of hydrogen-bond donors (Lipinski definition) is 1. The van der Waals surface area contributed by atoms with Crippen molar-refractivity contribution in [3.63, 3.8) is 0 Å². The van der Waals surface area contributed by atoms with Gasteiger partial charge in [-0.05, 0) is 56.9 Å². The van der Waals surface area contributed by atoms with E-state index in [0.29, 0.717) is 18.5 Å². The minimum atomic E-state index is -0.684. The highest BCUT2D eigenvalue weighted by Gasteiger charge is 2.44. The molecule has 1 N–H and O–H groups in total. The second-order valence-corrected chi connectivity index (χ2v) is 8.78. The van der Waals surface area contributed by atoms with Crippen molar-refractivity contribution in [1.29, 1.82) is 0 Å². The van der Waals surface area contributed by atoms with E-state index in [2.05, 4.69) is 0 Å². The largest absolute Gasteiger partial charge is 0.503 e. The van der Waals surface area contributed by atoms with E-state index < -0.39 is 23.5 Å². The van der Waals surface area contributed by atoms with Gasteiger partial charge in [0, 0.05) is 31.7 Å². The van der Waals surface area contributed by atoms with E-state index in [-0.39, 0.29) is 11.3 Å². The fourth-order valence-electron chi connectivity index (χ4n) is 4.20. The number of carbonyl (C=O) groups is 2. The maximum Gasteiger partial charge on any atom is 0.290 e. The van der Waals surface area contributed by atoms with Crippen molar-refractivity contribution in [2.45, 2.75) is 12.5 Å². The van der Waals surface area contributed by atoms with Gasteiger partial charge in [0.1, 0.15) is 5.58 Å². The zero-order valence-corrected chi connectivity index (χ0v) is 19.4. The number of rotatable bonds is 8. The minimum absolute atomic E-state index is 0.0570. The van der Waals surface area contributed by atoms with Crippen molar-refractivity contribution in [3.05, 3.63) is 77.3 Å². The summed E-state index contributed by atoms with van der Waals surface area (Å²) in [7, 11) is 7.83. The van der Waals surface area contributed by atoms with Crippen LogP contribution >= 0.6 is 0 Å². The van der Waals surface area contributed by atoms with Crippen LogP contribution in [-0.2, 0) is 4.79 Å². The van der Waals surface area contributed by atoms with E-state index in [4.69, 9.17) is 4.42 Å². The monoisotopic (exact) mass is 447 g/mol. The predicted molar refractivity (Wildman–Crippen MR) is 129 cm³/mol. The number of para-hydroxylation sites is 1. The van der Waals surface area contributed by atoms with Crippen LogP contribution in [0, 0.1) is 0 Å². The topological polar surface area (TPSA) is 77.2 Å². The molecule has 7 heteroatoms. The van der Waals surface area contributed by atoms with Gasteiger partial charge in [-0.15, -0.1) is 0 Å². The number of nitrogens with zero attached hydrogens (tertiary/aromatic N) is 3. The summed E-state index contributed by atoms with van der Waals surface area (Å²) in [5.41, 5.74) is 2.41. The molecule has 0 saturated carbocycles. The first kappa shape index (κ1) is 22.6. The molecule has 172 valence electrons. The van der Waals surface area contributed by atoms with E-state index in [1.165, 1.54) is 0 Å². The average Bonchev–Trinajstić information content (AvgIpc) is 3.33. The van der Waals surface area contributed by atoms with Crippen LogP contribution in [0.2, 0.25) is 0 Å². The van der Waals surface area contributed by atoms with Crippen molar-refractivity contribution in [1.82, 2.24) is 9.80 Å². The molecule has 0 radical (unpaired) electrons. The molecule has 2 heterocycles. The van der Waals surface area contributed by atoms with Gasteiger partial charge >= 0.3 is 0 Å². The van der Waals surface area contributed by atoms with E-state index in [0.717, 1.165) is 23.2 Å². The molecule has 1 atom stereocenters. The molecule has 0 bridgehead atoms. The van der Waals surface area contributed by atoms with Crippen molar-refractivity contribution < 1.29 is 19.1 Å². The van der Waals surface area contributed by atoms with Crippen LogP contribution in [0.4, 0.5) is 5.69 Å². The zero-order chi connectivity index (χ0) is 23.7. The summed E-state index contributed by atoms with van der Waals surface area (Å²) in [6.07, 6.45) is 0.713. The Kier molecular flexibility index (Phi) is 6.24. The summed E-state index contributed by atoms with van der Waals surface area (Å²) in [6.45, 7) is 1.20. The lowest BCUT2D eigenvalue weighted by molar-refractivity contribution is -0.129. The molecule has 4 rings (SSSR count). The highest BCUT2D eigenvalue weighted by Crippen LogP contribution is 2.40. The van der Waals surface area contributed by atoms with Gasteiger partial charge in [-0.1, -0.05) is 30.3 Å². The van der Waals surface area contributed by atoms with Gasteiger partial charge in [0.25, 0.3) is 5.91 Å². The van der Waals surface area contributed by atoms with Crippen molar-refractivity contribution >= 4 is 28.3 Å². The molecule has 0 saturated heterocycles. The zero-order valence-electron chi connectivity index (χ0n) is 19.4. The van der Waals surface area contributed by atoms with E-state index >= 15 is 0 Å². The number of anilines is 1. The maximum absolute atomic E-state index is 13.6. The number of benzene rings is 2. The first-order valence-corrected chi connectivity index (χ1v) is 11.0. The Bertz CT molecular complexity index is 1170. The summed E-state index contributed by atoms with van der Waals surface area (Å²) < 4.78 is 5.77. The number of amides is 1. The molecule has 33 heavy (non-hydrogen) atoms. The molecular formula is C26H29N3O4. The van der Waals surface area contributed by atoms with Crippen LogP contribution in [0.3, 0.4) is 0 Å². The molecule has 0 unspecified atom stereocenters. The van der Waals surface area contributed by atoms with Crippen LogP contribution in [0.1, 0.15) is 28.6 Å². The first-order valence-electron chi connectivity index (χ1n) is 11.0. The van der Waals surface area contributed by atoms with E-state index in [1.807, 2.05) is 80.5 Å².